The lowest BCUT2D eigenvalue weighted by Crippen LogP contribution is -2.25. The summed E-state index contributed by atoms with van der Waals surface area (Å²) < 4.78 is 2.02. The van der Waals surface area contributed by atoms with Gasteiger partial charge < -0.3 is 5.32 Å². The highest BCUT2D eigenvalue weighted by atomic mass is 35.5. The molecule has 1 aliphatic rings. The summed E-state index contributed by atoms with van der Waals surface area (Å²) in [5.74, 6) is 1.33. The summed E-state index contributed by atoms with van der Waals surface area (Å²) in [6, 6.07) is 21.9. The number of amides is 1. The standard InChI is InChI=1S/C28H26ClN5O/c1-4-30-26(35)16-24-28-33-32-18(3)34(28)25-14-11-20(22-8-6-5-7-17(22)2)15-23(25)27(31-24)19-9-12-21(29)13-10-19/h5-15,24H,4,16H2,1-3H3,(H,30,35). The predicted molar refractivity (Wildman–Crippen MR) is 139 cm³/mol. The lowest BCUT2D eigenvalue weighted by Gasteiger charge is -2.15. The van der Waals surface area contributed by atoms with Gasteiger partial charge in [-0.3, -0.25) is 14.4 Å². The van der Waals surface area contributed by atoms with Crippen molar-refractivity contribution in [1.29, 1.82) is 0 Å². The molecule has 3 aromatic carbocycles. The van der Waals surface area contributed by atoms with Crippen LogP contribution < -0.4 is 5.32 Å². The Kier molecular flexibility index (Phi) is 6.22. The zero-order chi connectivity index (χ0) is 24.5. The van der Waals surface area contributed by atoms with Crippen LogP contribution in [0.1, 0.15) is 47.7 Å². The van der Waals surface area contributed by atoms with Crippen molar-refractivity contribution in [3.8, 4) is 16.8 Å². The highest BCUT2D eigenvalue weighted by molar-refractivity contribution is 6.30. The van der Waals surface area contributed by atoms with Crippen LogP contribution in [0.3, 0.4) is 0 Å². The van der Waals surface area contributed by atoms with E-state index in [1.165, 1.54) is 5.56 Å². The summed E-state index contributed by atoms with van der Waals surface area (Å²) in [6.45, 7) is 6.50. The predicted octanol–water partition coefficient (Wildman–Crippen LogP) is 5.62. The van der Waals surface area contributed by atoms with Crippen LogP contribution in [0.15, 0.2) is 71.7 Å². The summed E-state index contributed by atoms with van der Waals surface area (Å²) in [5.41, 5.74) is 7.07. The second kappa shape index (κ2) is 9.47. The minimum absolute atomic E-state index is 0.0736. The van der Waals surface area contributed by atoms with Crippen molar-refractivity contribution in [3.05, 3.63) is 100 Å². The van der Waals surface area contributed by atoms with Gasteiger partial charge in [0.1, 0.15) is 11.9 Å². The molecule has 0 saturated carbocycles. The molecule has 176 valence electrons. The summed E-state index contributed by atoms with van der Waals surface area (Å²) in [4.78, 5) is 17.8. The van der Waals surface area contributed by atoms with Gasteiger partial charge in [-0.05, 0) is 61.7 Å². The van der Waals surface area contributed by atoms with Crippen LogP contribution in [0.2, 0.25) is 5.02 Å². The van der Waals surface area contributed by atoms with E-state index in [1.807, 2.05) is 54.8 Å². The second-order valence-electron chi connectivity index (χ2n) is 8.65. The molecule has 1 N–H and O–H groups in total. The van der Waals surface area contributed by atoms with E-state index < -0.39 is 6.04 Å². The van der Waals surface area contributed by atoms with Crippen molar-refractivity contribution in [1.82, 2.24) is 20.1 Å². The van der Waals surface area contributed by atoms with Gasteiger partial charge in [0.2, 0.25) is 5.91 Å². The van der Waals surface area contributed by atoms with Gasteiger partial charge in [0, 0.05) is 22.7 Å². The number of hydrogen-bond donors (Lipinski definition) is 1. The van der Waals surface area contributed by atoms with Crippen LogP contribution in [0, 0.1) is 13.8 Å². The fraction of sp³-hybridized carbons (Fsp3) is 0.214. The topological polar surface area (TPSA) is 72.2 Å². The molecule has 1 aromatic heterocycles. The normalized spacial score (nSPS) is 14.5. The fourth-order valence-corrected chi connectivity index (χ4v) is 4.71. The monoisotopic (exact) mass is 483 g/mol. The molecule has 0 fully saturated rings. The Bertz CT molecular complexity index is 1440. The molecule has 0 spiro atoms. The van der Waals surface area contributed by atoms with Gasteiger partial charge in [-0.25, -0.2) is 0 Å². The van der Waals surface area contributed by atoms with Crippen molar-refractivity contribution >= 4 is 23.2 Å². The van der Waals surface area contributed by atoms with Crippen LogP contribution >= 0.6 is 11.6 Å². The molecular formula is C28H26ClN5O. The van der Waals surface area contributed by atoms with Crippen LogP contribution in [-0.4, -0.2) is 32.9 Å². The average molecular weight is 484 g/mol. The summed E-state index contributed by atoms with van der Waals surface area (Å²) >= 11 is 6.20. The maximum Gasteiger partial charge on any atom is 0.222 e. The van der Waals surface area contributed by atoms with Crippen LogP contribution in [0.4, 0.5) is 0 Å². The third-order valence-electron chi connectivity index (χ3n) is 6.25. The van der Waals surface area contributed by atoms with E-state index in [1.54, 1.807) is 0 Å². The summed E-state index contributed by atoms with van der Waals surface area (Å²) in [5, 5.41) is 12.3. The van der Waals surface area contributed by atoms with Gasteiger partial charge in [0.25, 0.3) is 0 Å². The van der Waals surface area contributed by atoms with Gasteiger partial charge in [-0.1, -0.05) is 54.1 Å². The van der Waals surface area contributed by atoms with E-state index in [0.29, 0.717) is 17.4 Å². The lowest BCUT2D eigenvalue weighted by atomic mass is 9.94. The Morgan fingerprint density at radius 2 is 1.71 bits per heavy atom. The largest absolute Gasteiger partial charge is 0.356 e. The number of hydrogen-bond acceptors (Lipinski definition) is 4. The number of carbonyl (C=O) groups excluding carboxylic acids is 1. The molecule has 1 atom stereocenters. The maximum absolute atomic E-state index is 12.6. The first kappa shape index (κ1) is 23.0. The first-order chi connectivity index (χ1) is 17.0. The number of aliphatic imine (C=N–C) groups is 1. The average Bonchev–Trinajstić information content (AvgIpc) is 3.17. The van der Waals surface area contributed by atoms with Gasteiger partial charge in [0.15, 0.2) is 5.82 Å². The summed E-state index contributed by atoms with van der Waals surface area (Å²) in [6.07, 6.45) is 0.182. The molecule has 0 saturated heterocycles. The zero-order valence-corrected chi connectivity index (χ0v) is 20.7. The highest BCUT2D eigenvalue weighted by Gasteiger charge is 2.30. The molecule has 5 rings (SSSR count). The molecule has 2 heterocycles. The van der Waals surface area contributed by atoms with Crippen LogP contribution in [0.25, 0.3) is 16.8 Å². The second-order valence-corrected chi connectivity index (χ2v) is 9.08. The SMILES string of the molecule is CCNC(=O)CC1N=C(c2ccc(Cl)cc2)c2cc(-c3ccccc3C)ccc2-n2c(C)nnc21. The number of aryl methyl sites for hydroxylation is 2. The van der Waals surface area contributed by atoms with E-state index in [2.05, 4.69) is 52.8 Å². The van der Waals surface area contributed by atoms with Crippen LogP contribution in [-0.2, 0) is 4.79 Å². The van der Waals surface area contributed by atoms with Gasteiger partial charge >= 0.3 is 0 Å². The van der Waals surface area contributed by atoms with Crippen molar-refractivity contribution in [3.63, 3.8) is 0 Å². The molecule has 1 unspecified atom stereocenters. The van der Waals surface area contributed by atoms with Crippen LogP contribution in [0.5, 0.6) is 0 Å². The fourth-order valence-electron chi connectivity index (χ4n) is 4.58. The van der Waals surface area contributed by atoms with Gasteiger partial charge in [-0.2, -0.15) is 0 Å². The van der Waals surface area contributed by atoms with Crippen molar-refractivity contribution in [2.75, 3.05) is 6.54 Å². The number of fused-ring (bicyclic) bond motifs is 3. The van der Waals surface area contributed by atoms with E-state index in [-0.39, 0.29) is 12.3 Å². The minimum Gasteiger partial charge on any atom is -0.356 e. The third kappa shape index (κ3) is 4.37. The lowest BCUT2D eigenvalue weighted by molar-refractivity contribution is -0.121. The van der Waals surface area contributed by atoms with E-state index in [0.717, 1.165) is 39.5 Å². The minimum atomic E-state index is -0.484. The molecule has 7 heteroatoms. The summed E-state index contributed by atoms with van der Waals surface area (Å²) in [7, 11) is 0. The van der Waals surface area contributed by atoms with Gasteiger partial charge in [-0.15, -0.1) is 10.2 Å². The quantitative estimate of drug-likeness (QED) is 0.400. The molecule has 6 nitrogen and oxygen atoms in total. The molecule has 35 heavy (non-hydrogen) atoms. The number of nitrogens with zero attached hydrogens (tertiary/aromatic N) is 4. The number of benzene rings is 3. The number of halogens is 1. The smallest absolute Gasteiger partial charge is 0.222 e. The molecule has 0 aliphatic carbocycles. The third-order valence-corrected chi connectivity index (χ3v) is 6.50. The first-order valence-electron chi connectivity index (χ1n) is 11.7. The Morgan fingerprint density at radius 1 is 0.971 bits per heavy atom. The molecule has 0 bridgehead atoms. The Labute approximate surface area is 209 Å². The molecule has 1 aliphatic heterocycles. The number of nitrogens with one attached hydrogen (secondary N) is 1. The Balaban J connectivity index is 1.76. The number of rotatable bonds is 5. The van der Waals surface area contributed by atoms with Crippen molar-refractivity contribution < 1.29 is 4.79 Å². The molecule has 4 aromatic rings. The number of carbonyl (C=O) groups is 1. The van der Waals surface area contributed by atoms with Crippen molar-refractivity contribution in [2.24, 2.45) is 4.99 Å². The Morgan fingerprint density at radius 3 is 2.46 bits per heavy atom. The first-order valence-corrected chi connectivity index (χ1v) is 12.1. The Hall–Kier alpha value is -3.77. The van der Waals surface area contributed by atoms with Crippen molar-refractivity contribution in [2.45, 2.75) is 33.2 Å². The highest BCUT2D eigenvalue weighted by Crippen LogP contribution is 2.35. The zero-order valence-electron chi connectivity index (χ0n) is 19.9. The van der Waals surface area contributed by atoms with E-state index in [4.69, 9.17) is 16.6 Å². The molecule has 0 radical (unpaired) electrons. The molecular weight excluding hydrogens is 458 g/mol. The maximum atomic E-state index is 12.6. The van der Waals surface area contributed by atoms with Gasteiger partial charge in [0.05, 0.1) is 17.8 Å². The van der Waals surface area contributed by atoms with E-state index >= 15 is 0 Å². The molecule has 1 amide bonds. The number of aromatic nitrogens is 3. The van der Waals surface area contributed by atoms with E-state index in [9.17, 15) is 4.79 Å².